The quantitative estimate of drug-likeness (QED) is 0.636. The van der Waals surface area contributed by atoms with Gasteiger partial charge in [-0.05, 0) is 44.6 Å². The molecule has 0 spiro atoms. The van der Waals surface area contributed by atoms with E-state index in [0.29, 0.717) is 18.4 Å². The first-order valence-electron chi connectivity index (χ1n) is 6.80. The Kier molecular flexibility index (Phi) is 8.04. The summed E-state index contributed by atoms with van der Waals surface area (Å²) in [7, 11) is 0. The molecule has 2 N–H and O–H groups in total. The van der Waals surface area contributed by atoms with Crippen LogP contribution in [0.25, 0.3) is 0 Å². The minimum atomic E-state index is -0.545. The normalized spacial score (nSPS) is 17.4. The maximum absolute atomic E-state index is 10.1. The van der Waals surface area contributed by atoms with Gasteiger partial charge in [0, 0.05) is 6.54 Å². The van der Waals surface area contributed by atoms with Crippen molar-refractivity contribution in [2.24, 2.45) is 11.8 Å². The molecule has 0 radical (unpaired) electrons. The topological polar surface area (TPSA) is 32.3 Å². The van der Waals surface area contributed by atoms with Crippen molar-refractivity contribution >= 4 is 0 Å². The lowest BCUT2D eigenvalue weighted by atomic mass is 9.95. The molecule has 2 atom stereocenters. The van der Waals surface area contributed by atoms with Crippen molar-refractivity contribution in [3.63, 3.8) is 0 Å². The minimum Gasteiger partial charge on any atom is -0.389 e. The highest BCUT2D eigenvalue weighted by atomic mass is 16.3. The number of hydrogen-bond donors (Lipinski definition) is 2. The average Bonchev–Trinajstić information content (AvgIpc) is 2.15. The molecule has 2 unspecified atom stereocenters. The van der Waals surface area contributed by atoms with Gasteiger partial charge in [-0.2, -0.15) is 0 Å². The van der Waals surface area contributed by atoms with Gasteiger partial charge in [0.2, 0.25) is 0 Å². The third-order valence-electron chi connectivity index (χ3n) is 3.04. The van der Waals surface area contributed by atoms with Crippen LogP contribution in [0.2, 0.25) is 0 Å². The summed E-state index contributed by atoms with van der Waals surface area (Å²) in [5.74, 6) is 1.39. The summed E-state index contributed by atoms with van der Waals surface area (Å²) >= 11 is 0. The molecule has 0 bridgehead atoms. The van der Waals surface area contributed by atoms with E-state index in [2.05, 4.69) is 33.0 Å². The van der Waals surface area contributed by atoms with E-state index in [1.807, 2.05) is 6.92 Å². The molecule has 0 fully saturated rings. The number of aliphatic hydroxyl groups is 1. The highest BCUT2D eigenvalue weighted by molar-refractivity contribution is 4.76. The number of rotatable bonds is 9. The predicted octanol–water partition coefficient (Wildman–Crippen LogP) is 3.20. The van der Waals surface area contributed by atoms with E-state index in [0.717, 1.165) is 19.4 Å². The fraction of sp³-hybridized carbons (Fsp3) is 1.00. The Morgan fingerprint density at radius 1 is 1.19 bits per heavy atom. The fourth-order valence-electron chi connectivity index (χ4n) is 1.87. The summed E-state index contributed by atoms with van der Waals surface area (Å²) in [5, 5.41) is 13.5. The van der Waals surface area contributed by atoms with Gasteiger partial charge < -0.3 is 10.4 Å². The Labute approximate surface area is 102 Å². The van der Waals surface area contributed by atoms with E-state index in [-0.39, 0.29) is 0 Å². The number of hydrogen-bond acceptors (Lipinski definition) is 2. The zero-order chi connectivity index (χ0) is 12.6. The third-order valence-corrected chi connectivity index (χ3v) is 3.04. The van der Waals surface area contributed by atoms with Crippen molar-refractivity contribution in [2.75, 3.05) is 13.1 Å². The monoisotopic (exact) mass is 229 g/mol. The van der Waals surface area contributed by atoms with Crippen molar-refractivity contribution in [1.29, 1.82) is 0 Å². The summed E-state index contributed by atoms with van der Waals surface area (Å²) in [5.41, 5.74) is -0.545. The molecular formula is C14H31NO. The van der Waals surface area contributed by atoms with Crippen molar-refractivity contribution in [3.8, 4) is 0 Å². The largest absolute Gasteiger partial charge is 0.389 e. The van der Waals surface area contributed by atoms with Crippen LogP contribution in [0.1, 0.15) is 60.3 Å². The second-order valence-electron chi connectivity index (χ2n) is 5.95. The Morgan fingerprint density at radius 2 is 1.81 bits per heavy atom. The summed E-state index contributed by atoms with van der Waals surface area (Å²) in [6.45, 7) is 12.6. The van der Waals surface area contributed by atoms with Crippen LogP contribution in [0, 0.1) is 11.8 Å². The van der Waals surface area contributed by atoms with Gasteiger partial charge in [-0.1, -0.05) is 34.1 Å². The second-order valence-corrected chi connectivity index (χ2v) is 5.95. The Hall–Kier alpha value is -0.0800. The van der Waals surface area contributed by atoms with E-state index in [4.69, 9.17) is 0 Å². The van der Waals surface area contributed by atoms with Gasteiger partial charge in [0.15, 0.2) is 0 Å². The van der Waals surface area contributed by atoms with Crippen molar-refractivity contribution in [2.45, 2.75) is 65.9 Å². The highest BCUT2D eigenvalue weighted by Gasteiger charge is 2.20. The van der Waals surface area contributed by atoms with Crippen molar-refractivity contribution in [1.82, 2.24) is 5.32 Å². The summed E-state index contributed by atoms with van der Waals surface area (Å²) in [4.78, 5) is 0. The fourth-order valence-corrected chi connectivity index (χ4v) is 1.87. The molecule has 98 valence electrons. The average molecular weight is 229 g/mol. The second kappa shape index (κ2) is 8.08. The van der Waals surface area contributed by atoms with E-state index >= 15 is 0 Å². The van der Waals surface area contributed by atoms with Crippen LogP contribution >= 0.6 is 0 Å². The zero-order valence-corrected chi connectivity index (χ0v) is 11.8. The van der Waals surface area contributed by atoms with Crippen molar-refractivity contribution in [3.05, 3.63) is 0 Å². The molecule has 0 saturated heterocycles. The molecular weight excluding hydrogens is 198 g/mol. The minimum absolute atomic E-state index is 0.545. The molecule has 2 nitrogen and oxygen atoms in total. The lowest BCUT2D eigenvalue weighted by molar-refractivity contribution is 0.0446. The summed E-state index contributed by atoms with van der Waals surface area (Å²) in [6, 6.07) is 0. The van der Waals surface area contributed by atoms with E-state index in [9.17, 15) is 5.11 Å². The standard InChI is InChI=1S/C14H31NO/c1-6-7-13(4)10-15-11-14(5,16)9-8-12(2)3/h12-13,15-16H,6-11H2,1-5H3. The van der Waals surface area contributed by atoms with Gasteiger partial charge in [0.1, 0.15) is 0 Å². The first kappa shape index (κ1) is 15.9. The summed E-state index contributed by atoms with van der Waals surface area (Å²) < 4.78 is 0. The predicted molar refractivity (Wildman–Crippen MR) is 71.6 cm³/mol. The number of nitrogens with one attached hydrogen (secondary N) is 1. The van der Waals surface area contributed by atoms with Crippen molar-refractivity contribution < 1.29 is 5.11 Å². The van der Waals surface area contributed by atoms with Crippen LogP contribution in [0.3, 0.4) is 0 Å². The third kappa shape index (κ3) is 9.17. The van der Waals surface area contributed by atoms with E-state index < -0.39 is 5.60 Å². The lowest BCUT2D eigenvalue weighted by Crippen LogP contribution is -2.39. The SMILES string of the molecule is CCCC(C)CNCC(C)(O)CCC(C)C. The summed E-state index contributed by atoms with van der Waals surface area (Å²) in [6.07, 6.45) is 4.49. The van der Waals surface area contributed by atoms with Crippen LogP contribution in [0.4, 0.5) is 0 Å². The van der Waals surface area contributed by atoms with Gasteiger partial charge in [-0.25, -0.2) is 0 Å². The van der Waals surface area contributed by atoms with Crippen LogP contribution in [-0.4, -0.2) is 23.8 Å². The molecule has 0 aliphatic heterocycles. The van der Waals surface area contributed by atoms with Crippen LogP contribution in [0.5, 0.6) is 0 Å². The first-order valence-corrected chi connectivity index (χ1v) is 6.80. The van der Waals surface area contributed by atoms with Gasteiger partial charge in [-0.3, -0.25) is 0 Å². The van der Waals surface area contributed by atoms with Gasteiger partial charge in [0.25, 0.3) is 0 Å². The maximum atomic E-state index is 10.1. The maximum Gasteiger partial charge on any atom is 0.0743 e. The van der Waals surface area contributed by atoms with Crippen LogP contribution in [-0.2, 0) is 0 Å². The molecule has 0 aromatic carbocycles. The van der Waals surface area contributed by atoms with E-state index in [1.54, 1.807) is 0 Å². The van der Waals surface area contributed by atoms with E-state index in [1.165, 1.54) is 12.8 Å². The smallest absolute Gasteiger partial charge is 0.0743 e. The molecule has 0 aromatic heterocycles. The molecule has 0 aliphatic carbocycles. The van der Waals surface area contributed by atoms with Crippen LogP contribution in [0.15, 0.2) is 0 Å². The molecule has 0 aromatic rings. The van der Waals surface area contributed by atoms with Gasteiger partial charge >= 0.3 is 0 Å². The Morgan fingerprint density at radius 3 is 2.31 bits per heavy atom. The Bertz CT molecular complexity index is 166. The molecule has 0 saturated carbocycles. The molecule has 0 amide bonds. The Balaban J connectivity index is 3.64. The van der Waals surface area contributed by atoms with Crippen LogP contribution < -0.4 is 5.32 Å². The first-order chi connectivity index (χ1) is 7.37. The van der Waals surface area contributed by atoms with Gasteiger partial charge in [0.05, 0.1) is 5.60 Å². The highest BCUT2D eigenvalue weighted by Crippen LogP contribution is 2.15. The molecule has 16 heavy (non-hydrogen) atoms. The molecule has 0 aliphatic rings. The zero-order valence-electron chi connectivity index (χ0n) is 11.8. The molecule has 0 rings (SSSR count). The van der Waals surface area contributed by atoms with Gasteiger partial charge in [-0.15, -0.1) is 0 Å². The lowest BCUT2D eigenvalue weighted by Gasteiger charge is -2.25. The molecule has 2 heteroatoms. The molecule has 0 heterocycles.